The quantitative estimate of drug-likeness (QED) is 0.221. The molecule has 0 saturated heterocycles. The van der Waals surface area contributed by atoms with Gasteiger partial charge in [0.05, 0.1) is 18.8 Å². The third-order valence-corrected chi connectivity index (χ3v) is 4.64. The Balaban J connectivity index is 2.37. The fraction of sp³-hybridized carbons (Fsp3) is 0.696. The predicted octanol–water partition coefficient (Wildman–Crippen LogP) is 6.98. The van der Waals surface area contributed by atoms with Crippen molar-refractivity contribution >= 4 is 6.29 Å². The monoisotopic (exact) mass is 362 g/mol. The Morgan fingerprint density at radius 2 is 1.27 bits per heavy atom. The molecule has 0 radical (unpaired) electrons. The van der Waals surface area contributed by atoms with Crippen LogP contribution in [0.3, 0.4) is 0 Å². The number of unbranched alkanes of at least 4 members (excludes halogenated alkanes) is 10. The Bertz CT molecular complexity index is 471. The molecule has 0 saturated carbocycles. The van der Waals surface area contributed by atoms with Crippen LogP contribution in [0.15, 0.2) is 18.2 Å². The van der Waals surface area contributed by atoms with E-state index >= 15 is 0 Å². The summed E-state index contributed by atoms with van der Waals surface area (Å²) in [6, 6.07) is 5.56. The molecule has 3 heteroatoms. The van der Waals surface area contributed by atoms with Gasteiger partial charge >= 0.3 is 0 Å². The van der Waals surface area contributed by atoms with Gasteiger partial charge < -0.3 is 9.47 Å². The van der Waals surface area contributed by atoms with Crippen LogP contribution in [-0.2, 0) is 0 Å². The van der Waals surface area contributed by atoms with Crippen LogP contribution in [0.1, 0.15) is 101 Å². The molecular formula is C23H38O3. The third kappa shape index (κ3) is 9.84. The number of rotatable bonds is 17. The molecular weight excluding hydrogens is 324 g/mol. The van der Waals surface area contributed by atoms with Gasteiger partial charge in [-0.1, -0.05) is 84.1 Å². The van der Waals surface area contributed by atoms with E-state index in [1.807, 2.05) is 12.1 Å². The van der Waals surface area contributed by atoms with Crippen molar-refractivity contribution in [1.82, 2.24) is 0 Å². The smallest absolute Gasteiger partial charge is 0.171 e. The number of para-hydroxylation sites is 1. The molecule has 0 amide bonds. The van der Waals surface area contributed by atoms with E-state index in [-0.39, 0.29) is 0 Å². The molecule has 0 aliphatic rings. The highest BCUT2D eigenvalue weighted by Gasteiger charge is 2.10. The maximum Gasteiger partial charge on any atom is 0.171 e. The first-order valence-electron chi connectivity index (χ1n) is 10.7. The van der Waals surface area contributed by atoms with Crippen molar-refractivity contribution in [3.8, 4) is 11.5 Å². The van der Waals surface area contributed by atoms with E-state index in [0.29, 0.717) is 30.3 Å². The van der Waals surface area contributed by atoms with Gasteiger partial charge in [-0.05, 0) is 25.0 Å². The van der Waals surface area contributed by atoms with Crippen LogP contribution in [0.2, 0.25) is 0 Å². The van der Waals surface area contributed by atoms with Crippen molar-refractivity contribution < 1.29 is 14.3 Å². The molecule has 0 bridgehead atoms. The molecule has 0 atom stereocenters. The van der Waals surface area contributed by atoms with Gasteiger partial charge in [0.25, 0.3) is 0 Å². The highest BCUT2D eigenvalue weighted by molar-refractivity contribution is 5.81. The average molecular weight is 363 g/mol. The van der Waals surface area contributed by atoms with Crippen molar-refractivity contribution in [2.24, 2.45) is 0 Å². The molecule has 1 rings (SSSR count). The first-order valence-corrected chi connectivity index (χ1v) is 10.7. The van der Waals surface area contributed by atoms with E-state index in [0.717, 1.165) is 19.1 Å². The molecule has 0 aliphatic carbocycles. The molecule has 148 valence electrons. The maximum atomic E-state index is 11.3. The van der Waals surface area contributed by atoms with Gasteiger partial charge in [-0.25, -0.2) is 0 Å². The fourth-order valence-corrected chi connectivity index (χ4v) is 3.01. The minimum absolute atomic E-state index is 0.580. The second kappa shape index (κ2) is 15.7. The molecule has 0 heterocycles. The van der Waals surface area contributed by atoms with E-state index in [4.69, 9.17) is 9.47 Å². The zero-order chi connectivity index (χ0) is 18.9. The van der Waals surface area contributed by atoms with Gasteiger partial charge in [-0.3, -0.25) is 4.79 Å². The lowest BCUT2D eigenvalue weighted by atomic mass is 10.1. The average Bonchev–Trinajstić information content (AvgIpc) is 2.67. The summed E-state index contributed by atoms with van der Waals surface area (Å²) in [4.78, 5) is 11.3. The van der Waals surface area contributed by atoms with Crippen molar-refractivity contribution in [2.45, 2.75) is 90.9 Å². The number of carbonyl (C=O) groups excluding carboxylic acids is 1. The SMILES string of the molecule is CCCCCCCCOc1cccc(C=O)c1OCCCCCCCC. The summed E-state index contributed by atoms with van der Waals surface area (Å²) < 4.78 is 11.8. The molecule has 26 heavy (non-hydrogen) atoms. The highest BCUT2D eigenvalue weighted by atomic mass is 16.5. The largest absolute Gasteiger partial charge is 0.490 e. The van der Waals surface area contributed by atoms with Gasteiger partial charge in [-0.2, -0.15) is 0 Å². The lowest BCUT2D eigenvalue weighted by molar-refractivity contribution is 0.111. The fourth-order valence-electron chi connectivity index (χ4n) is 3.01. The standard InChI is InChI=1S/C23H38O3/c1-3-5-7-9-11-13-18-25-22-17-15-16-21(20-24)23(22)26-19-14-12-10-8-6-4-2/h15-17,20H,3-14,18-19H2,1-2H3. The number of hydrogen-bond donors (Lipinski definition) is 0. The number of ether oxygens (including phenoxy) is 2. The van der Waals surface area contributed by atoms with Crippen molar-refractivity contribution in [1.29, 1.82) is 0 Å². The van der Waals surface area contributed by atoms with Crippen LogP contribution in [0.5, 0.6) is 11.5 Å². The predicted molar refractivity (Wildman–Crippen MR) is 110 cm³/mol. The van der Waals surface area contributed by atoms with E-state index in [1.54, 1.807) is 6.07 Å². The van der Waals surface area contributed by atoms with Crippen molar-refractivity contribution in [3.05, 3.63) is 23.8 Å². The number of aldehydes is 1. The third-order valence-electron chi connectivity index (χ3n) is 4.64. The molecule has 0 spiro atoms. The summed E-state index contributed by atoms with van der Waals surface area (Å²) in [6.07, 6.45) is 15.6. The molecule has 3 nitrogen and oxygen atoms in total. The van der Waals surface area contributed by atoms with Crippen LogP contribution in [0, 0.1) is 0 Å². The van der Waals surface area contributed by atoms with E-state index < -0.39 is 0 Å². The Morgan fingerprint density at radius 3 is 1.85 bits per heavy atom. The molecule has 0 unspecified atom stereocenters. The second-order valence-electron chi connectivity index (χ2n) is 7.02. The normalized spacial score (nSPS) is 10.7. The van der Waals surface area contributed by atoms with Crippen LogP contribution in [-0.4, -0.2) is 19.5 Å². The highest BCUT2D eigenvalue weighted by Crippen LogP contribution is 2.31. The van der Waals surface area contributed by atoms with Gasteiger partial charge in [0.2, 0.25) is 0 Å². The first kappa shape index (κ1) is 22.5. The Kier molecular flexibility index (Phi) is 13.6. The Labute approximate surface area is 160 Å². The molecule has 0 N–H and O–H groups in total. The van der Waals surface area contributed by atoms with E-state index in [9.17, 15) is 4.79 Å². The maximum absolute atomic E-state index is 11.3. The minimum Gasteiger partial charge on any atom is -0.490 e. The van der Waals surface area contributed by atoms with Gasteiger partial charge in [0.15, 0.2) is 17.8 Å². The Hall–Kier alpha value is -1.51. The Morgan fingerprint density at radius 1 is 0.731 bits per heavy atom. The minimum atomic E-state index is 0.580. The second-order valence-corrected chi connectivity index (χ2v) is 7.02. The summed E-state index contributed by atoms with van der Waals surface area (Å²) in [5, 5.41) is 0. The topological polar surface area (TPSA) is 35.5 Å². The molecule has 0 aromatic heterocycles. The summed E-state index contributed by atoms with van der Waals surface area (Å²) in [6.45, 7) is 5.79. The summed E-state index contributed by atoms with van der Waals surface area (Å²) in [5.41, 5.74) is 0.580. The molecule has 1 aromatic rings. The lowest BCUT2D eigenvalue weighted by Crippen LogP contribution is -2.05. The number of benzene rings is 1. The molecule has 0 fully saturated rings. The molecule has 0 aliphatic heterocycles. The zero-order valence-electron chi connectivity index (χ0n) is 16.9. The first-order chi connectivity index (χ1) is 12.8. The van der Waals surface area contributed by atoms with Crippen LogP contribution in [0.4, 0.5) is 0 Å². The summed E-state index contributed by atoms with van der Waals surface area (Å²) in [7, 11) is 0. The van der Waals surface area contributed by atoms with E-state index in [2.05, 4.69) is 13.8 Å². The van der Waals surface area contributed by atoms with Crippen molar-refractivity contribution in [3.63, 3.8) is 0 Å². The van der Waals surface area contributed by atoms with Crippen LogP contribution in [0.25, 0.3) is 0 Å². The zero-order valence-corrected chi connectivity index (χ0v) is 16.9. The van der Waals surface area contributed by atoms with Gasteiger partial charge in [-0.15, -0.1) is 0 Å². The van der Waals surface area contributed by atoms with Crippen LogP contribution >= 0.6 is 0 Å². The lowest BCUT2D eigenvalue weighted by Gasteiger charge is -2.14. The van der Waals surface area contributed by atoms with Crippen LogP contribution < -0.4 is 9.47 Å². The van der Waals surface area contributed by atoms with Crippen molar-refractivity contribution in [2.75, 3.05) is 13.2 Å². The number of carbonyl (C=O) groups is 1. The van der Waals surface area contributed by atoms with Gasteiger partial charge in [0.1, 0.15) is 0 Å². The number of hydrogen-bond acceptors (Lipinski definition) is 3. The van der Waals surface area contributed by atoms with Gasteiger partial charge in [0, 0.05) is 0 Å². The summed E-state index contributed by atoms with van der Waals surface area (Å²) in [5.74, 6) is 1.32. The van der Waals surface area contributed by atoms with E-state index in [1.165, 1.54) is 64.2 Å². The summed E-state index contributed by atoms with van der Waals surface area (Å²) >= 11 is 0. The molecule has 1 aromatic carbocycles.